The maximum absolute atomic E-state index is 6.11. The summed E-state index contributed by atoms with van der Waals surface area (Å²) < 4.78 is 7.12. The largest absolute Gasteiger partial charge is 0.390 e. The molecule has 3 aromatic rings. The van der Waals surface area contributed by atoms with Gasteiger partial charge in [-0.3, -0.25) is 4.68 Å². The standard InChI is InChI=1S/C13H13N5OS/c1-18-6-7(5-15-18)12-16-13(19-17-12)10-8-3-2-4-9(8)20-11(10)14/h5-6H,2-4,14H2,1H3. The minimum atomic E-state index is 0.515. The molecule has 0 radical (unpaired) electrons. The van der Waals surface area contributed by atoms with E-state index >= 15 is 0 Å². The van der Waals surface area contributed by atoms with E-state index in [1.807, 2.05) is 13.2 Å². The van der Waals surface area contributed by atoms with Crippen molar-refractivity contribution in [3.8, 4) is 22.8 Å². The van der Waals surface area contributed by atoms with E-state index in [4.69, 9.17) is 10.3 Å². The zero-order valence-corrected chi connectivity index (χ0v) is 11.8. The number of aromatic nitrogens is 4. The third-order valence-electron chi connectivity index (χ3n) is 3.55. The molecule has 0 saturated heterocycles. The Hall–Kier alpha value is -2.15. The zero-order chi connectivity index (χ0) is 13.7. The third-order valence-corrected chi connectivity index (χ3v) is 4.67. The van der Waals surface area contributed by atoms with Crippen molar-refractivity contribution < 1.29 is 4.52 Å². The minimum absolute atomic E-state index is 0.515. The van der Waals surface area contributed by atoms with Crippen LogP contribution in [0.1, 0.15) is 16.9 Å². The summed E-state index contributed by atoms with van der Waals surface area (Å²) in [6, 6.07) is 0. The number of anilines is 1. The Morgan fingerprint density at radius 3 is 3.10 bits per heavy atom. The van der Waals surface area contributed by atoms with E-state index in [1.54, 1.807) is 22.2 Å². The Bertz CT molecular complexity index is 785. The molecule has 6 nitrogen and oxygen atoms in total. The number of fused-ring (bicyclic) bond motifs is 1. The van der Waals surface area contributed by atoms with Crippen LogP contribution in [0.2, 0.25) is 0 Å². The quantitative estimate of drug-likeness (QED) is 0.781. The molecular formula is C13H13N5OS. The zero-order valence-electron chi connectivity index (χ0n) is 11.0. The van der Waals surface area contributed by atoms with Crippen LogP contribution in [-0.2, 0) is 19.9 Å². The summed E-state index contributed by atoms with van der Waals surface area (Å²) in [6.07, 6.45) is 6.90. The summed E-state index contributed by atoms with van der Waals surface area (Å²) in [5.41, 5.74) is 9.17. The fourth-order valence-electron chi connectivity index (χ4n) is 2.64. The van der Waals surface area contributed by atoms with Gasteiger partial charge in [-0.15, -0.1) is 11.3 Å². The van der Waals surface area contributed by atoms with Gasteiger partial charge in [0.15, 0.2) is 0 Å². The van der Waals surface area contributed by atoms with Crippen molar-refractivity contribution in [2.24, 2.45) is 7.05 Å². The van der Waals surface area contributed by atoms with Crippen LogP contribution < -0.4 is 5.73 Å². The molecule has 1 aliphatic rings. The number of thiophene rings is 1. The summed E-state index contributed by atoms with van der Waals surface area (Å²) in [7, 11) is 1.86. The van der Waals surface area contributed by atoms with Gasteiger partial charge >= 0.3 is 0 Å². The van der Waals surface area contributed by atoms with E-state index in [0.717, 1.165) is 29.0 Å². The van der Waals surface area contributed by atoms with Crippen LogP contribution in [0.3, 0.4) is 0 Å². The van der Waals surface area contributed by atoms with Gasteiger partial charge in [-0.25, -0.2) is 0 Å². The van der Waals surface area contributed by atoms with Gasteiger partial charge in [0.1, 0.15) is 0 Å². The number of nitrogens with two attached hydrogens (primary N) is 1. The molecule has 3 aromatic heterocycles. The highest BCUT2D eigenvalue weighted by Crippen LogP contribution is 2.43. The Morgan fingerprint density at radius 1 is 1.40 bits per heavy atom. The van der Waals surface area contributed by atoms with Crippen molar-refractivity contribution in [3.63, 3.8) is 0 Å². The fraction of sp³-hybridized carbons (Fsp3) is 0.308. The molecule has 4 rings (SSSR count). The van der Waals surface area contributed by atoms with Gasteiger partial charge in [0.25, 0.3) is 5.89 Å². The lowest BCUT2D eigenvalue weighted by Crippen LogP contribution is -1.88. The SMILES string of the molecule is Cn1cc(-c2noc(-c3c(N)sc4c3CCC4)n2)cn1. The minimum Gasteiger partial charge on any atom is -0.390 e. The lowest BCUT2D eigenvalue weighted by molar-refractivity contribution is 0.432. The molecule has 0 spiro atoms. The van der Waals surface area contributed by atoms with E-state index in [0.29, 0.717) is 11.7 Å². The highest BCUT2D eigenvalue weighted by Gasteiger charge is 2.25. The van der Waals surface area contributed by atoms with Crippen molar-refractivity contribution in [2.75, 3.05) is 5.73 Å². The molecule has 0 unspecified atom stereocenters. The van der Waals surface area contributed by atoms with E-state index in [2.05, 4.69) is 15.2 Å². The van der Waals surface area contributed by atoms with Crippen LogP contribution in [0.5, 0.6) is 0 Å². The normalized spacial score (nSPS) is 13.8. The van der Waals surface area contributed by atoms with Gasteiger partial charge in [-0.2, -0.15) is 10.1 Å². The average molecular weight is 287 g/mol. The fourth-order valence-corrected chi connectivity index (χ4v) is 3.79. The molecule has 0 saturated carbocycles. The number of aryl methyl sites for hydroxylation is 2. The van der Waals surface area contributed by atoms with E-state index in [1.165, 1.54) is 16.9 Å². The topological polar surface area (TPSA) is 82.8 Å². The van der Waals surface area contributed by atoms with E-state index in [9.17, 15) is 0 Å². The summed E-state index contributed by atoms with van der Waals surface area (Å²) in [5, 5.41) is 8.92. The first-order valence-electron chi connectivity index (χ1n) is 6.45. The van der Waals surface area contributed by atoms with Gasteiger partial charge in [-0.1, -0.05) is 5.16 Å². The van der Waals surface area contributed by atoms with Crippen LogP contribution in [0.25, 0.3) is 22.8 Å². The van der Waals surface area contributed by atoms with Crippen molar-refractivity contribution in [1.29, 1.82) is 0 Å². The number of nitrogen functional groups attached to an aromatic ring is 1. The maximum atomic E-state index is 6.11. The van der Waals surface area contributed by atoms with Crippen LogP contribution in [0.15, 0.2) is 16.9 Å². The molecule has 0 atom stereocenters. The molecule has 1 aliphatic carbocycles. The molecule has 0 aliphatic heterocycles. The molecule has 3 heterocycles. The Kier molecular flexibility index (Phi) is 2.43. The summed E-state index contributed by atoms with van der Waals surface area (Å²) >= 11 is 1.64. The average Bonchev–Trinajstić information content (AvgIpc) is 3.11. The summed E-state index contributed by atoms with van der Waals surface area (Å²) in [6.45, 7) is 0. The second kappa shape index (κ2) is 4.17. The Morgan fingerprint density at radius 2 is 2.30 bits per heavy atom. The lowest BCUT2D eigenvalue weighted by atomic mass is 10.1. The highest BCUT2D eigenvalue weighted by atomic mass is 32.1. The Labute approximate surface area is 119 Å². The first kappa shape index (κ1) is 11.7. The van der Waals surface area contributed by atoms with Crippen molar-refractivity contribution >= 4 is 16.3 Å². The predicted molar refractivity (Wildman–Crippen MR) is 76.3 cm³/mol. The lowest BCUT2D eigenvalue weighted by Gasteiger charge is -1.96. The molecule has 0 fully saturated rings. The van der Waals surface area contributed by atoms with Crippen LogP contribution >= 0.6 is 11.3 Å². The van der Waals surface area contributed by atoms with Crippen molar-refractivity contribution in [2.45, 2.75) is 19.3 Å². The molecule has 7 heteroatoms. The van der Waals surface area contributed by atoms with Crippen molar-refractivity contribution in [3.05, 3.63) is 22.8 Å². The predicted octanol–water partition coefficient (Wildman–Crippen LogP) is 2.27. The molecule has 0 amide bonds. The van der Waals surface area contributed by atoms with Gasteiger partial charge in [0, 0.05) is 18.1 Å². The van der Waals surface area contributed by atoms with E-state index < -0.39 is 0 Å². The number of nitrogens with zero attached hydrogens (tertiary/aromatic N) is 4. The van der Waals surface area contributed by atoms with Crippen LogP contribution in [0, 0.1) is 0 Å². The molecule has 2 N–H and O–H groups in total. The van der Waals surface area contributed by atoms with Gasteiger partial charge in [0.2, 0.25) is 5.82 Å². The molecule has 102 valence electrons. The number of rotatable bonds is 2. The molecule has 0 aromatic carbocycles. The Balaban J connectivity index is 1.79. The van der Waals surface area contributed by atoms with Crippen molar-refractivity contribution in [1.82, 2.24) is 19.9 Å². The maximum Gasteiger partial charge on any atom is 0.261 e. The smallest absolute Gasteiger partial charge is 0.261 e. The number of hydrogen-bond donors (Lipinski definition) is 1. The van der Waals surface area contributed by atoms with Gasteiger partial charge < -0.3 is 10.3 Å². The van der Waals surface area contributed by atoms with Crippen LogP contribution in [0.4, 0.5) is 5.00 Å². The van der Waals surface area contributed by atoms with Gasteiger partial charge in [-0.05, 0) is 24.8 Å². The van der Waals surface area contributed by atoms with E-state index in [-0.39, 0.29) is 0 Å². The monoisotopic (exact) mass is 287 g/mol. The second-order valence-electron chi connectivity index (χ2n) is 4.92. The second-order valence-corrected chi connectivity index (χ2v) is 6.06. The first-order chi connectivity index (χ1) is 9.72. The molecular weight excluding hydrogens is 274 g/mol. The summed E-state index contributed by atoms with van der Waals surface area (Å²) in [5.74, 6) is 1.06. The van der Waals surface area contributed by atoms with Crippen LogP contribution in [-0.4, -0.2) is 19.9 Å². The number of hydrogen-bond acceptors (Lipinski definition) is 6. The highest BCUT2D eigenvalue weighted by molar-refractivity contribution is 7.16. The summed E-state index contributed by atoms with van der Waals surface area (Å²) in [4.78, 5) is 5.83. The molecule has 20 heavy (non-hydrogen) atoms. The van der Waals surface area contributed by atoms with Gasteiger partial charge in [0.05, 0.1) is 22.3 Å². The molecule has 0 bridgehead atoms. The third kappa shape index (κ3) is 1.66. The first-order valence-corrected chi connectivity index (χ1v) is 7.27.